The number of methoxy groups -OCH3 is 1. The minimum absolute atomic E-state index is 0.128. The van der Waals surface area contributed by atoms with Crippen LogP contribution >= 0.6 is 0 Å². The van der Waals surface area contributed by atoms with Crippen LogP contribution in [0.1, 0.15) is 19.4 Å². The van der Waals surface area contributed by atoms with Crippen molar-refractivity contribution >= 4 is 17.7 Å². The number of rotatable bonds is 9. The zero-order valence-electron chi connectivity index (χ0n) is 16.4. The van der Waals surface area contributed by atoms with Crippen molar-refractivity contribution in [3.05, 3.63) is 60.2 Å². The van der Waals surface area contributed by atoms with Gasteiger partial charge in [-0.25, -0.2) is 0 Å². The molecule has 0 aliphatic rings. The fourth-order valence-electron chi connectivity index (χ4n) is 2.60. The quantitative estimate of drug-likeness (QED) is 0.685. The van der Waals surface area contributed by atoms with E-state index in [0.717, 1.165) is 11.3 Å². The topological polar surface area (TPSA) is 50.8 Å². The normalized spacial score (nSPS) is 11.9. The lowest BCUT2D eigenvalue weighted by Crippen LogP contribution is -2.39. The van der Waals surface area contributed by atoms with E-state index in [-0.39, 0.29) is 11.9 Å². The summed E-state index contributed by atoms with van der Waals surface area (Å²) in [6.07, 6.45) is 3.30. The van der Waals surface area contributed by atoms with Crippen molar-refractivity contribution in [3.8, 4) is 11.5 Å². The molecular formula is C22H28N2O3. The monoisotopic (exact) mass is 368 g/mol. The summed E-state index contributed by atoms with van der Waals surface area (Å²) in [6.45, 7) is 5.11. The summed E-state index contributed by atoms with van der Waals surface area (Å²) >= 11 is 0. The molecule has 2 rings (SSSR count). The molecule has 1 unspecified atom stereocenters. The van der Waals surface area contributed by atoms with Crippen LogP contribution < -0.4 is 19.7 Å². The number of benzene rings is 2. The molecule has 0 aliphatic carbocycles. The van der Waals surface area contributed by atoms with Crippen LogP contribution in [0, 0.1) is 0 Å². The number of nitrogens with zero attached hydrogens (tertiary/aromatic N) is 1. The highest BCUT2D eigenvalue weighted by molar-refractivity contribution is 5.91. The number of amides is 1. The minimum Gasteiger partial charge on any atom is -0.493 e. The standard InChI is InChI=1S/C22H28N2O3/c1-5-27-21-15-18(11-13-20(21)26-4)12-14-22(25)23-16-17(2)24(3)19-9-7-6-8-10-19/h6-15,17H,5,16H2,1-4H3,(H,23,25)/b14-12+. The van der Waals surface area contributed by atoms with Crippen LogP contribution in [0.15, 0.2) is 54.6 Å². The fraction of sp³-hybridized carbons (Fsp3) is 0.318. The number of ether oxygens (including phenoxy) is 2. The third-order valence-corrected chi connectivity index (χ3v) is 4.31. The number of hydrogen-bond acceptors (Lipinski definition) is 4. The van der Waals surface area contributed by atoms with E-state index < -0.39 is 0 Å². The largest absolute Gasteiger partial charge is 0.493 e. The predicted octanol–water partition coefficient (Wildman–Crippen LogP) is 3.75. The van der Waals surface area contributed by atoms with Gasteiger partial charge in [-0.05, 0) is 49.8 Å². The number of nitrogens with one attached hydrogen (secondary N) is 1. The number of carbonyl (C=O) groups is 1. The molecule has 0 spiro atoms. The smallest absolute Gasteiger partial charge is 0.244 e. The molecule has 0 saturated carbocycles. The molecule has 5 nitrogen and oxygen atoms in total. The molecule has 1 atom stereocenters. The molecule has 0 heterocycles. The van der Waals surface area contributed by atoms with Gasteiger partial charge in [0.25, 0.3) is 0 Å². The van der Waals surface area contributed by atoms with E-state index in [9.17, 15) is 4.79 Å². The van der Waals surface area contributed by atoms with E-state index in [1.807, 2.05) is 50.4 Å². The molecule has 5 heteroatoms. The number of hydrogen-bond donors (Lipinski definition) is 1. The number of likely N-dealkylation sites (N-methyl/N-ethyl adjacent to an activating group) is 1. The van der Waals surface area contributed by atoms with Crippen LogP contribution in [0.4, 0.5) is 5.69 Å². The van der Waals surface area contributed by atoms with Crippen molar-refractivity contribution in [1.29, 1.82) is 0 Å². The van der Waals surface area contributed by atoms with Crippen LogP contribution in [-0.4, -0.2) is 39.3 Å². The Balaban J connectivity index is 1.90. The van der Waals surface area contributed by atoms with Gasteiger partial charge in [0, 0.05) is 31.4 Å². The van der Waals surface area contributed by atoms with E-state index in [0.29, 0.717) is 24.7 Å². The number of anilines is 1. The van der Waals surface area contributed by atoms with Gasteiger partial charge in [-0.3, -0.25) is 4.79 Å². The van der Waals surface area contributed by atoms with Gasteiger partial charge in [-0.1, -0.05) is 24.3 Å². The van der Waals surface area contributed by atoms with Crippen LogP contribution in [0.25, 0.3) is 6.08 Å². The van der Waals surface area contributed by atoms with Gasteiger partial charge in [0.2, 0.25) is 5.91 Å². The molecule has 0 radical (unpaired) electrons. The summed E-state index contributed by atoms with van der Waals surface area (Å²) in [4.78, 5) is 14.3. The van der Waals surface area contributed by atoms with Gasteiger partial charge < -0.3 is 19.7 Å². The van der Waals surface area contributed by atoms with Crippen LogP contribution in [-0.2, 0) is 4.79 Å². The second kappa shape index (κ2) is 10.3. The highest BCUT2D eigenvalue weighted by Gasteiger charge is 2.10. The maximum absolute atomic E-state index is 12.1. The molecule has 0 aliphatic heterocycles. The molecule has 2 aromatic carbocycles. The van der Waals surface area contributed by atoms with Gasteiger partial charge >= 0.3 is 0 Å². The predicted molar refractivity (Wildman–Crippen MR) is 111 cm³/mol. The van der Waals surface area contributed by atoms with Crippen LogP contribution in [0.5, 0.6) is 11.5 Å². The fourth-order valence-corrected chi connectivity index (χ4v) is 2.60. The third-order valence-electron chi connectivity index (χ3n) is 4.31. The van der Waals surface area contributed by atoms with Crippen molar-refractivity contribution in [2.45, 2.75) is 19.9 Å². The summed E-state index contributed by atoms with van der Waals surface area (Å²) in [5.41, 5.74) is 2.00. The Bertz CT molecular complexity index is 759. The lowest BCUT2D eigenvalue weighted by atomic mass is 10.2. The van der Waals surface area contributed by atoms with Crippen molar-refractivity contribution in [2.24, 2.45) is 0 Å². The highest BCUT2D eigenvalue weighted by Crippen LogP contribution is 2.28. The van der Waals surface area contributed by atoms with E-state index in [1.165, 1.54) is 6.08 Å². The maximum atomic E-state index is 12.1. The molecular weight excluding hydrogens is 340 g/mol. The molecule has 1 N–H and O–H groups in total. The SMILES string of the molecule is CCOc1cc(/C=C/C(=O)NCC(C)N(C)c2ccccc2)ccc1OC. The maximum Gasteiger partial charge on any atom is 0.244 e. The van der Waals surface area contributed by atoms with Gasteiger partial charge in [0.05, 0.1) is 13.7 Å². The zero-order chi connectivity index (χ0) is 19.6. The molecule has 0 aromatic heterocycles. The Hall–Kier alpha value is -2.95. The van der Waals surface area contributed by atoms with Crippen molar-refractivity contribution in [1.82, 2.24) is 5.32 Å². The third kappa shape index (κ3) is 6.06. The molecule has 1 amide bonds. The number of para-hydroxylation sites is 1. The Kier molecular flexibility index (Phi) is 7.74. The highest BCUT2D eigenvalue weighted by atomic mass is 16.5. The lowest BCUT2D eigenvalue weighted by Gasteiger charge is -2.27. The Morgan fingerprint density at radius 1 is 1.19 bits per heavy atom. The van der Waals surface area contributed by atoms with E-state index in [1.54, 1.807) is 13.2 Å². The van der Waals surface area contributed by atoms with Gasteiger partial charge in [-0.15, -0.1) is 0 Å². The van der Waals surface area contributed by atoms with Crippen LogP contribution in [0.2, 0.25) is 0 Å². The Morgan fingerprint density at radius 3 is 2.59 bits per heavy atom. The number of carbonyl (C=O) groups excluding carboxylic acids is 1. The lowest BCUT2D eigenvalue weighted by molar-refractivity contribution is -0.116. The van der Waals surface area contributed by atoms with Crippen LogP contribution in [0.3, 0.4) is 0 Å². The van der Waals surface area contributed by atoms with Crippen molar-refractivity contribution in [2.75, 3.05) is 32.2 Å². The summed E-state index contributed by atoms with van der Waals surface area (Å²) in [7, 11) is 3.63. The first-order valence-corrected chi connectivity index (χ1v) is 9.09. The average Bonchev–Trinajstić information content (AvgIpc) is 2.71. The van der Waals surface area contributed by atoms with E-state index >= 15 is 0 Å². The van der Waals surface area contributed by atoms with Crippen molar-refractivity contribution in [3.63, 3.8) is 0 Å². The average molecular weight is 368 g/mol. The van der Waals surface area contributed by atoms with Gasteiger partial charge in [0.1, 0.15) is 0 Å². The molecule has 144 valence electrons. The molecule has 0 saturated heterocycles. The first-order valence-electron chi connectivity index (χ1n) is 9.09. The van der Waals surface area contributed by atoms with E-state index in [4.69, 9.17) is 9.47 Å². The van der Waals surface area contributed by atoms with E-state index in [2.05, 4.69) is 29.3 Å². The summed E-state index contributed by atoms with van der Waals surface area (Å²) in [5.74, 6) is 1.22. The summed E-state index contributed by atoms with van der Waals surface area (Å²) in [6, 6.07) is 15.9. The first-order chi connectivity index (χ1) is 13.0. The molecule has 2 aromatic rings. The molecule has 0 fully saturated rings. The molecule has 0 bridgehead atoms. The Morgan fingerprint density at radius 2 is 1.93 bits per heavy atom. The summed E-state index contributed by atoms with van der Waals surface area (Å²) in [5, 5.41) is 2.94. The van der Waals surface area contributed by atoms with Gasteiger partial charge in [-0.2, -0.15) is 0 Å². The second-order valence-electron chi connectivity index (χ2n) is 6.22. The van der Waals surface area contributed by atoms with Gasteiger partial charge in [0.15, 0.2) is 11.5 Å². The Labute approximate surface area is 161 Å². The second-order valence-corrected chi connectivity index (χ2v) is 6.22. The first kappa shape index (κ1) is 20.4. The minimum atomic E-state index is -0.128. The molecule has 27 heavy (non-hydrogen) atoms. The van der Waals surface area contributed by atoms with Crippen molar-refractivity contribution < 1.29 is 14.3 Å². The summed E-state index contributed by atoms with van der Waals surface area (Å²) < 4.78 is 10.8. The zero-order valence-corrected chi connectivity index (χ0v) is 16.4.